The van der Waals surface area contributed by atoms with Crippen LogP contribution in [0.2, 0.25) is 0 Å². The first-order valence-corrected chi connectivity index (χ1v) is 6.29. The van der Waals surface area contributed by atoms with Crippen molar-refractivity contribution in [2.75, 3.05) is 18.0 Å². The monoisotopic (exact) mass is 227 g/mol. The standard InChI is InChI=1S/C14H17N3/c1-3-7-12(8-4-1)13-11-14(16-15-13)17-9-5-2-6-10-17/h1,3-4,7-8,11H,2,5-6,9-10H2,(H,15,16). The van der Waals surface area contributed by atoms with Gasteiger partial charge in [0.05, 0.1) is 5.69 Å². The molecule has 17 heavy (non-hydrogen) atoms. The number of benzene rings is 1. The maximum Gasteiger partial charge on any atom is 0.150 e. The van der Waals surface area contributed by atoms with Crippen LogP contribution < -0.4 is 4.90 Å². The van der Waals surface area contributed by atoms with Crippen molar-refractivity contribution in [3.8, 4) is 11.3 Å². The minimum absolute atomic E-state index is 1.09. The van der Waals surface area contributed by atoms with Gasteiger partial charge < -0.3 is 4.90 Å². The molecular formula is C14H17N3. The Hall–Kier alpha value is -1.77. The van der Waals surface area contributed by atoms with E-state index in [4.69, 9.17) is 0 Å². The summed E-state index contributed by atoms with van der Waals surface area (Å²) < 4.78 is 0. The van der Waals surface area contributed by atoms with Gasteiger partial charge in [0.25, 0.3) is 0 Å². The van der Waals surface area contributed by atoms with Gasteiger partial charge in [-0.05, 0) is 24.8 Å². The number of anilines is 1. The van der Waals surface area contributed by atoms with Crippen LogP contribution in [-0.4, -0.2) is 23.3 Å². The predicted octanol–water partition coefficient (Wildman–Crippen LogP) is 3.07. The first kappa shape index (κ1) is 10.4. The highest BCUT2D eigenvalue weighted by Gasteiger charge is 2.13. The Labute approximate surface area is 101 Å². The number of aromatic nitrogens is 2. The molecule has 0 saturated carbocycles. The van der Waals surface area contributed by atoms with E-state index in [9.17, 15) is 0 Å². The number of piperidine rings is 1. The predicted molar refractivity (Wildman–Crippen MR) is 70.1 cm³/mol. The summed E-state index contributed by atoms with van der Waals surface area (Å²) in [4.78, 5) is 2.37. The van der Waals surface area contributed by atoms with Crippen molar-refractivity contribution in [3.63, 3.8) is 0 Å². The first-order valence-electron chi connectivity index (χ1n) is 6.29. The van der Waals surface area contributed by atoms with Crippen molar-refractivity contribution in [1.82, 2.24) is 10.2 Å². The molecule has 1 aromatic carbocycles. The molecule has 0 spiro atoms. The fourth-order valence-electron chi connectivity index (χ4n) is 2.36. The third-order valence-corrected chi connectivity index (χ3v) is 3.33. The number of H-pyrrole nitrogens is 1. The van der Waals surface area contributed by atoms with E-state index >= 15 is 0 Å². The van der Waals surface area contributed by atoms with Gasteiger partial charge in [-0.1, -0.05) is 30.3 Å². The Morgan fingerprint density at radius 2 is 1.76 bits per heavy atom. The molecule has 2 heterocycles. The molecule has 3 heteroatoms. The first-order chi connectivity index (χ1) is 8.43. The smallest absolute Gasteiger partial charge is 0.150 e. The van der Waals surface area contributed by atoms with Crippen molar-refractivity contribution in [2.45, 2.75) is 19.3 Å². The largest absolute Gasteiger partial charge is 0.355 e. The normalized spacial score (nSPS) is 16.1. The fraction of sp³-hybridized carbons (Fsp3) is 0.357. The minimum Gasteiger partial charge on any atom is -0.355 e. The molecule has 88 valence electrons. The van der Waals surface area contributed by atoms with Gasteiger partial charge in [-0.15, -0.1) is 0 Å². The number of nitrogens with zero attached hydrogens (tertiary/aromatic N) is 2. The van der Waals surface area contributed by atoms with Gasteiger partial charge in [0, 0.05) is 19.2 Å². The van der Waals surface area contributed by atoms with E-state index in [0.29, 0.717) is 0 Å². The van der Waals surface area contributed by atoms with Crippen LogP contribution in [0.25, 0.3) is 11.3 Å². The van der Waals surface area contributed by atoms with E-state index in [2.05, 4.69) is 45.4 Å². The van der Waals surface area contributed by atoms with E-state index in [-0.39, 0.29) is 0 Å². The molecule has 0 amide bonds. The van der Waals surface area contributed by atoms with E-state index in [1.54, 1.807) is 0 Å². The molecule has 3 rings (SSSR count). The Bertz CT molecular complexity index is 469. The summed E-state index contributed by atoms with van der Waals surface area (Å²) in [6.07, 6.45) is 3.92. The molecule has 0 radical (unpaired) electrons. The molecule has 0 bridgehead atoms. The molecule has 1 aliphatic rings. The Morgan fingerprint density at radius 3 is 2.53 bits per heavy atom. The molecule has 1 N–H and O–H groups in total. The van der Waals surface area contributed by atoms with Crippen LogP contribution in [0.15, 0.2) is 36.4 Å². The molecule has 3 nitrogen and oxygen atoms in total. The van der Waals surface area contributed by atoms with Crippen LogP contribution in [-0.2, 0) is 0 Å². The van der Waals surface area contributed by atoms with E-state index in [0.717, 1.165) is 24.6 Å². The number of hydrogen-bond donors (Lipinski definition) is 1. The fourth-order valence-corrected chi connectivity index (χ4v) is 2.36. The van der Waals surface area contributed by atoms with Gasteiger partial charge in [0.1, 0.15) is 0 Å². The number of aromatic amines is 1. The Morgan fingerprint density at radius 1 is 1.00 bits per heavy atom. The molecule has 0 atom stereocenters. The molecule has 0 unspecified atom stereocenters. The van der Waals surface area contributed by atoms with Gasteiger partial charge in [-0.25, -0.2) is 0 Å². The van der Waals surface area contributed by atoms with E-state index in [1.807, 2.05) is 6.07 Å². The molecule has 0 aliphatic carbocycles. The second kappa shape index (κ2) is 4.62. The van der Waals surface area contributed by atoms with Gasteiger partial charge in [-0.3, -0.25) is 5.10 Å². The Balaban J connectivity index is 1.83. The zero-order chi connectivity index (χ0) is 11.5. The van der Waals surface area contributed by atoms with Crippen molar-refractivity contribution < 1.29 is 0 Å². The topological polar surface area (TPSA) is 31.9 Å². The van der Waals surface area contributed by atoms with E-state index < -0.39 is 0 Å². The number of nitrogens with one attached hydrogen (secondary N) is 1. The molecular weight excluding hydrogens is 210 g/mol. The van der Waals surface area contributed by atoms with E-state index in [1.165, 1.54) is 24.8 Å². The van der Waals surface area contributed by atoms with Crippen molar-refractivity contribution in [1.29, 1.82) is 0 Å². The van der Waals surface area contributed by atoms with Crippen molar-refractivity contribution in [3.05, 3.63) is 36.4 Å². The maximum atomic E-state index is 4.42. The number of hydrogen-bond acceptors (Lipinski definition) is 2. The lowest BCUT2D eigenvalue weighted by Gasteiger charge is -2.26. The summed E-state index contributed by atoms with van der Waals surface area (Å²) in [6.45, 7) is 2.28. The molecule has 1 fully saturated rings. The average Bonchev–Trinajstić information content (AvgIpc) is 2.90. The van der Waals surface area contributed by atoms with Crippen LogP contribution >= 0.6 is 0 Å². The highest BCUT2D eigenvalue weighted by molar-refractivity contribution is 5.63. The third kappa shape index (κ3) is 2.18. The van der Waals surface area contributed by atoms with Crippen molar-refractivity contribution >= 4 is 5.82 Å². The second-order valence-corrected chi connectivity index (χ2v) is 4.55. The summed E-state index contributed by atoms with van der Waals surface area (Å²) in [5.41, 5.74) is 2.30. The highest BCUT2D eigenvalue weighted by Crippen LogP contribution is 2.23. The zero-order valence-corrected chi connectivity index (χ0v) is 9.89. The van der Waals surface area contributed by atoms with Crippen LogP contribution in [0.3, 0.4) is 0 Å². The van der Waals surface area contributed by atoms with Crippen LogP contribution in [0, 0.1) is 0 Å². The van der Waals surface area contributed by atoms with Gasteiger partial charge in [-0.2, -0.15) is 5.10 Å². The maximum absolute atomic E-state index is 4.42. The quantitative estimate of drug-likeness (QED) is 0.855. The molecule has 2 aromatic rings. The molecule has 1 aliphatic heterocycles. The van der Waals surface area contributed by atoms with Gasteiger partial charge in [0.15, 0.2) is 5.82 Å². The zero-order valence-electron chi connectivity index (χ0n) is 9.89. The summed E-state index contributed by atoms with van der Waals surface area (Å²) in [7, 11) is 0. The summed E-state index contributed by atoms with van der Waals surface area (Å²) in [5.74, 6) is 1.09. The summed E-state index contributed by atoms with van der Waals surface area (Å²) in [6, 6.07) is 12.5. The summed E-state index contributed by atoms with van der Waals surface area (Å²) in [5, 5.41) is 7.54. The lowest BCUT2D eigenvalue weighted by molar-refractivity contribution is 0.573. The lowest BCUT2D eigenvalue weighted by atomic mass is 10.1. The average molecular weight is 227 g/mol. The van der Waals surface area contributed by atoms with Crippen LogP contribution in [0.4, 0.5) is 5.82 Å². The highest BCUT2D eigenvalue weighted by atomic mass is 15.3. The molecule has 1 saturated heterocycles. The van der Waals surface area contributed by atoms with Crippen LogP contribution in [0.5, 0.6) is 0 Å². The second-order valence-electron chi connectivity index (χ2n) is 4.55. The minimum atomic E-state index is 1.09. The SMILES string of the molecule is c1ccc(-c2cc(N3CCCCC3)n[nH]2)cc1. The van der Waals surface area contributed by atoms with Crippen molar-refractivity contribution in [2.24, 2.45) is 0 Å². The van der Waals surface area contributed by atoms with Crippen LogP contribution in [0.1, 0.15) is 19.3 Å². The molecule has 1 aromatic heterocycles. The number of rotatable bonds is 2. The Kier molecular flexibility index (Phi) is 2.82. The third-order valence-electron chi connectivity index (χ3n) is 3.33. The summed E-state index contributed by atoms with van der Waals surface area (Å²) >= 11 is 0. The van der Waals surface area contributed by atoms with Gasteiger partial charge in [0.2, 0.25) is 0 Å². The van der Waals surface area contributed by atoms with Gasteiger partial charge >= 0.3 is 0 Å². The lowest BCUT2D eigenvalue weighted by Crippen LogP contribution is -2.29.